The first kappa shape index (κ1) is 19.5. The molecule has 0 aliphatic heterocycles. The van der Waals surface area contributed by atoms with Crippen LogP contribution in [0.4, 0.5) is 0 Å². The minimum atomic E-state index is -0.680. The summed E-state index contributed by atoms with van der Waals surface area (Å²) in [6, 6.07) is 7.82. The molecule has 1 amide bonds. The summed E-state index contributed by atoms with van der Waals surface area (Å²) >= 11 is 0. The Labute approximate surface area is 161 Å². The smallest absolute Gasteiger partial charge is 0.251 e. The summed E-state index contributed by atoms with van der Waals surface area (Å²) in [5, 5.41) is 21.2. The van der Waals surface area contributed by atoms with E-state index in [1.807, 2.05) is 31.2 Å². The lowest BCUT2D eigenvalue weighted by Gasteiger charge is -2.19. The molecule has 27 heavy (non-hydrogen) atoms. The number of rotatable bonds is 7. The van der Waals surface area contributed by atoms with E-state index >= 15 is 0 Å². The van der Waals surface area contributed by atoms with Gasteiger partial charge in [-0.25, -0.2) is 0 Å². The fourth-order valence-corrected chi connectivity index (χ4v) is 3.64. The van der Waals surface area contributed by atoms with Gasteiger partial charge in [-0.05, 0) is 64.2 Å². The second-order valence-corrected chi connectivity index (χ2v) is 8.24. The number of aliphatic hydroxyl groups is 1. The summed E-state index contributed by atoms with van der Waals surface area (Å²) in [5.74, 6) is 0.703. The number of nitrogens with zero attached hydrogens (tertiary/aromatic N) is 3. The number of aryl methyl sites for hydroxylation is 1. The Morgan fingerprint density at radius 1 is 1.30 bits per heavy atom. The molecule has 1 aromatic heterocycles. The molecule has 1 aliphatic carbocycles. The van der Waals surface area contributed by atoms with Gasteiger partial charge in [0.15, 0.2) is 5.82 Å². The van der Waals surface area contributed by atoms with E-state index in [1.165, 1.54) is 12.8 Å². The Kier molecular flexibility index (Phi) is 5.95. The minimum absolute atomic E-state index is 0.113. The van der Waals surface area contributed by atoms with Crippen LogP contribution in [0.2, 0.25) is 0 Å². The third-order valence-corrected chi connectivity index (χ3v) is 5.30. The van der Waals surface area contributed by atoms with Crippen molar-refractivity contribution in [3.8, 4) is 0 Å². The molecule has 2 aromatic rings. The van der Waals surface area contributed by atoms with Crippen LogP contribution in [0, 0.1) is 0 Å². The van der Waals surface area contributed by atoms with Crippen molar-refractivity contribution >= 4 is 5.91 Å². The van der Waals surface area contributed by atoms with Crippen LogP contribution in [0.1, 0.15) is 86.7 Å². The normalized spacial score (nSPS) is 16.4. The highest BCUT2D eigenvalue weighted by Crippen LogP contribution is 2.31. The van der Waals surface area contributed by atoms with Crippen LogP contribution in [-0.4, -0.2) is 31.4 Å². The standard InChI is InChI=1S/C21H30N4O2/c1-15(19-24-22-14-25(19)18-6-4-5-7-18)23-20(26)17-10-8-16(9-11-17)12-13-21(2,3)27/h8-11,14-15,18,27H,4-7,12-13H2,1-3H3,(H,23,26)/t15-/m1/s1. The number of aromatic nitrogens is 3. The van der Waals surface area contributed by atoms with Gasteiger partial charge in [-0.1, -0.05) is 25.0 Å². The average Bonchev–Trinajstić information content (AvgIpc) is 3.30. The van der Waals surface area contributed by atoms with Crippen LogP contribution in [-0.2, 0) is 6.42 Å². The molecule has 1 heterocycles. The number of hydrogen-bond acceptors (Lipinski definition) is 4. The Morgan fingerprint density at radius 3 is 2.59 bits per heavy atom. The second-order valence-electron chi connectivity index (χ2n) is 8.24. The van der Waals surface area contributed by atoms with E-state index in [2.05, 4.69) is 20.1 Å². The molecule has 146 valence electrons. The van der Waals surface area contributed by atoms with E-state index in [-0.39, 0.29) is 11.9 Å². The van der Waals surface area contributed by atoms with Crippen LogP contribution >= 0.6 is 0 Å². The number of benzene rings is 1. The summed E-state index contributed by atoms with van der Waals surface area (Å²) in [5.41, 5.74) is 1.06. The van der Waals surface area contributed by atoms with Gasteiger partial charge in [-0.2, -0.15) is 0 Å². The van der Waals surface area contributed by atoms with Crippen LogP contribution < -0.4 is 5.32 Å². The Bertz CT molecular complexity index is 755. The lowest BCUT2D eigenvalue weighted by molar-refractivity contribution is 0.0713. The predicted molar refractivity (Wildman–Crippen MR) is 104 cm³/mol. The molecule has 6 heteroatoms. The van der Waals surface area contributed by atoms with Gasteiger partial charge in [0, 0.05) is 11.6 Å². The van der Waals surface area contributed by atoms with Gasteiger partial charge in [0.05, 0.1) is 11.6 Å². The first-order chi connectivity index (χ1) is 12.8. The zero-order valence-corrected chi connectivity index (χ0v) is 16.5. The first-order valence-electron chi connectivity index (χ1n) is 9.85. The summed E-state index contributed by atoms with van der Waals surface area (Å²) in [7, 11) is 0. The van der Waals surface area contributed by atoms with E-state index in [0.29, 0.717) is 18.0 Å². The second kappa shape index (κ2) is 8.21. The zero-order chi connectivity index (χ0) is 19.4. The van der Waals surface area contributed by atoms with Crippen molar-refractivity contribution in [1.82, 2.24) is 20.1 Å². The van der Waals surface area contributed by atoms with Crippen LogP contribution in [0.5, 0.6) is 0 Å². The quantitative estimate of drug-likeness (QED) is 0.780. The molecule has 2 N–H and O–H groups in total. The van der Waals surface area contributed by atoms with E-state index in [0.717, 1.165) is 30.7 Å². The molecule has 0 bridgehead atoms. The minimum Gasteiger partial charge on any atom is -0.390 e. The van der Waals surface area contributed by atoms with Gasteiger partial charge in [0.2, 0.25) is 0 Å². The number of carbonyl (C=O) groups is 1. The van der Waals surface area contributed by atoms with Crippen molar-refractivity contribution in [3.05, 3.63) is 47.5 Å². The fraction of sp³-hybridized carbons (Fsp3) is 0.571. The first-order valence-corrected chi connectivity index (χ1v) is 9.85. The van der Waals surface area contributed by atoms with Gasteiger partial charge in [-0.15, -0.1) is 10.2 Å². The predicted octanol–water partition coefficient (Wildman–Crippen LogP) is 3.59. The molecule has 1 aliphatic rings. The van der Waals surface area contributed by atoms with Crippen molar-refractivity contribution in [2.45, 2.75) is 77.0 Å². The number of nitrogens with one attached hydrogen (secondary N) is 1. The van der Waals surface area contributed by atoms with Gasteiger partial charge >= 0.3 is 0 Å². The van der Waals surface area contributed by atoms with Gasteiger partial charge in [-0.3, -0.25) is 4.79 Å². The molecule has 1 aromatic carbocycles. The highest BCUT2D eigenvalue weighted by atomic mass is 16.3. The lowest BCUT2D eigenvalue weighted by Crippen LogP contribution is -2.29. The van der Waals surface area contributed by atoms with Crippen LogP contribution in [0.15, 0.2) is 30.6 Å². The Morgan fingerprint density at radius 2 is 1.96 bits per heavy atom. The topological polar surface area (TPSA) is 80.0 Å². The van der Waals surface area contributed by atoms with Crippen LogP contribution in [0.25, 0.3) is 0 Å². The molecule has 1 atom stereocenters. The molecule has 0 saturated heterocycles. The number of amides is 1. The average molecular weight is 370 g/mol. The van der Waals surface area contributed by atoms with E-state index in [4.69, 9.17) is 0 Å². The van der Waals surface area contributed by atoms with Crippen molar-refractivity contribution in [1.29, 1.82) is 0 Å². The maximum Gasteiger partial charge on any atom is 0.251 e. The molecule has 0 spiro atoms. The third kappa shape index (κ3) is 5.16. The van der Waals surface area contributed by atoms with Gasteiger partial charge in [0.25, 0.3) is 5.91 Å². The highest BCUT2D eigenvalue weighted by Gasteiger charge is 2.23. The lowest BCUT2D eigenvalue weighted by atomic mass is 9.98. The van der Waals surface area contributed by atoms with E-state index < -0.39 is 5.60 Å². The molecular formula is C21H30N4O2. The molecule has 3 rings (SSSR count). The summed E-state index contributed by atoms with van der Waals surface area (Å²) in [6.45, 7) is 5.56. The van der Waals surface area contributed by atoms with Crippen molar-refractivity contribution in [3.63, 3.8) is 0 Å². The molecule has 0 radical (unpaired) electrons. The van der Waals surface area contributed by atoms with Gasteiger partial charge < -0.3 is 15.0 Å². The summed E-state index contributed by atoms with van der Waals surface area (Å²) in [4.78, 5) is 12.6. The maximum absolute atomic E-state index is 12.6. The largest absolute Gasteiger partial charge is 0.390 e. The monoisotopic (exact) mass is 370 g/mol. The number of hydrogen-bond donors (Lipinski definition) is 2. The SMILES string of the molecule is C[C@@H](NC(=O)c1ccc(CCC(C)(C)O)cc1)c1nncn1C1CCCC1. The highest BCUT2D eigenvalue weighted by molar-refractivity contribution is 5.94. The van der Waals surface area contributed by atoms with E-state index in [1.54, 1.807) is 20.2 Å². The molecule has 1 saturated carbocycles. The molecular weight excluding hydrogens is 340 g/mol. The molecule has 1 fully saturated rings. The van der Waals surface area contributed by atoms with Gasteiger partial charge in [0.1, 0.15) is 6.33 Å². The summed E-state index contributed by atoms with van der Waals surface area (Å²) in [6.07, 6.45) is 8.03. The maximum atomic E-state index is 12.6. The fourth-order valence-electron chi connectivity index (χ4n) is 3.64. The Balaban J connectivity index is 1.61. The van der Waals surface area contributed by atoms with E-state index in [9.17, 15) is 9.90 Å². The Hall–Kier alpha value is -2.21. The van der Waals surface area contributed by atoms with Crippen molar-refractivity contribution < 1.29 is 9.90 Å². The number of carbonyl (C=O) groups excluding carboxylic acids is 1. The summed E-state index contributed by atoms with van der Waals surface area (Å²) < 4.78 is 2.12. The van der Waals surface area contributed by atoms with Crippen molar-refractivity contribution in [2.24, 2.45) is 0 Å². The van der Waals surface area contributed by atoms with Crippen LogP contribution in [0.3, 0.4) is 0 Å². The third-order valence-electron chi connectivity index (χ3n) is 5.30. The molecule has 0 unspecified atom stereocenters. The van der Waals surface area contributed by atoms with Crippen molar-refractivity contribution in [2.75, 3.05) is 0 Å². The molecule has 6 nitrogen and oxygen atoms in total. The zero-order valence-electron chi connectivity index (χ0n) is 16.5.